The van der Waals surface area contributed by atoms with Crippen LogP contribution in [-0.2, 0) is 10.8 Å². The molecule has 3 aliphatic carbocycles. The van der Waals surface area contributed by atoms with Gasteiger partial charge in [0.1, 0.15) is 0 Å². The first-order valence-electron chi connectivity index (χ1n) is 18.8. The predicted molar refractivity (Wildman–Crippen MR) is 220 cm³/mol. The summed E-state index contributed by atoms with van der Waals surface area (Å²) in [6.45, 7) is 4.75. The molecule has 0 amide bonds. The summed E-state index contributed by atoms with van der Waals surface area (Å²) in [7, 11) is 0. The summed E-state index contributed by atoms with van der Waals surface area (Å²) in [4.78, 5) is 0. The van der Waals surface area contributed by atoms with Crippen LogP contribution in [0.4, 0.5) is 0 Å². The zero-order valence-corrected chi connectivity index (χ0v) is 29.7. The molecule has 8 aromatic carbocycles. The van der Waals surface area contributed by atoms with Crippen LogP contribution < -0.4 is 0 Å². The third kappa shape index (κ3) is 3.53. The zero-order valence-electron chi connectivity index (χ0n) is 29.7. The Morgan fingerprint density at radius 2 is 0.887 bits per heavy atom. The van der Waals surface area contributed by atoms with E-state index in [1.807, 2.05) is 0 Å². The number of hydrogen-bond acceptors (Lipinski definition) is 0. The lowest BCUT2D eigenvalue weighted by atomic mass is 9.68. The fourth-order valence-corrected chi connectivity index (χ4v) is 10.6. The number of rotatable bonds is 2. The van der Waals surface area contributed by atoms with Crippen LogP contribution in [0.25, 0.3) is 72.0 Å². The van der Waals surface area contributed by atoms with Gasteiger partial charge in [0.05, 0.1) is 16.4 Å². The lowest BCUT2D eigenvalue weighted by molar-refractivity contribution is 0.661. The van der Waals surface area contributed by atoms with E-state index in [0.29, 0.717) is 0 Å². The average molecular weight is 674 g/mol. The van der Waals surface area contributed by atoms with Crippen molar-refractivity contribution < 1.29 is 0 Å². The van der Waals surface area contributed by atoms with Gasteiger partial charge in [-0.3, -0.25) is 0 Å². The third-order valence-corrected chi connectivity index (χ3v) is 12.8. The lowest BCUT2D eigenvalue weighted by Gasteiger charge is -2.32. The van der Waals surface area contributed by atoms with Gasteiger partial charge in [0.15, 0.2) is 0 Å². The van der Waals surface area contributed by atoms with E-state index in [1.165, 1.54) is 105 Å². The standard InChI is InChI=1S/C52H35N/c1-51(2)43-24-8-3-20-38(43)41-30-42-39-21-7-12-28-48(39)53(49(42)31-47(41)51)33-16-13-15-32(29-33)34-22-14-23-40-37-19-6-11-27-46(37)52(50(34)40)44-25-9-4-17-35(44)36-18-5-10-26-45(36)52/h3-31H,1-2H3. The average Bonchev–Trinajstić information content (AvgIpc) is 3.88. The van der Waals surface area contributed by atoms with Crippen LogP contribution in [0.5, 0.6) is 0 Å². The molecule has 0 unspecified atom stereocenters. The van der Waals surface area contributed by atoms with Gasteiger partial charge in [0.25, 0.3) is 0 Å². The topological polar surface area (TPSA) is 4.93 Å². The molecule has 0 fully saturated rings. The fourth-order valence-electron chi connectivity index (χ4n) is 10.6. The molecule has 0 N–H and O–H groups in total. The molecule has 1 spiro atoms. The van der Waals surface area contributed by atoms with E-state index in [0.717, 1.165) is 0 Å². The van der Waals surface area contributed by atoms with Crippen molar-refractivity contribution in [1.29, 1.82) is 0 Å². The minimum atomic E-state index is -0.403. The summed E-state index contributed by atoms with van der Waals surface area (Å²) < 4.78 is 2.50. The Hall–Kier alpha value is -6.44. The van der Waals surface area contributed by atoms with Crippen molar-refractivity contribution in [2.24, 2.45) is 0 Å². The highest BCUT2D eigenvalue weighted by atomic mass is 15.0. The van der Waals surface area contributed by atoms with Gasteiger partial charge in [-0.1, -0.05) is 159 Å². The van der Waals surface area contributed by atoms with Crippen molar-refractivity contribution >= 4 is 21.8 Å². The van der Waals surface area contributed by atoms with E-state index >= 15 is 0 Å². The molecule has 0 saturated carbocycles. The third-order valence-electron chi connectivity index (χ3n) is 12.8. The molecule has 0 aliphatic heterocycles. The van der Waals surface area contributed by atoms with E-state index in [4.69, 9.17) is 0 Å². The van der Waals surface area contributed by atoms with Gasteiger partial charge in [-0.25, -0.2) is 0 Å². The number of para-hydroxylation sites is 1. The summed E-state index contributed by atoms with van der Waals surface area (Å²) >= 11 is 0. The summed E-state index contributed by atoms with van der Waals surface area (Å²) in [5.41, 5.74) is 22.0. The maximum absolute atomic E-state index is 2.50. The van der Waals surface area contributed by atoms with Crippen LogP contribution in [0.15, 0.2) is 176 Å². The number of nitrogens with zero attached hydrogens (tertiary/aromatic N) is 1. The van der Waals surface area contributed by atoms with Crippen LogP contribution in [-0.4, -0.2) is 4.57 Å². The Kier molecular flexibility index (Phi) is 5.57. The van der Waals surface area contributed by atoms with Crippen molar-refractivity contribution in [2.75, 3.05) is 0 Å². The summed E-state index contributed by atoms with van der Waals surface area (Å²) in [5.74, 6) is 0. The Balaban J connectivity index is 1.13. The summed E-state index contributed by atoms with van der Waals surface area (Å²) in [6, 6.07) is 66.3. The highest BCUT2D eigenvalue weighted by molar-refractivity contribution is 6.12. The number of hydrogen-bond donors (Lipinski definition) is 0. The van der Waals surface area contributed by atoms with Gasteiger partial charge in [0, 0.05) is 21.9 Å². The Morgan fingerprint density at radius 3 is 1.58 bits per heavy atom. The van der Waals surface area contributed by atoms with E-state index in [9.17, 15) is 0 Å². The highest BCUT2D eigenvalue weighted by Crippen LogP contribution is 2.64. The van der Waals surface area contributed by atoms with Crippen LogP contribution >= 0.6 is 0 Å². The second-order valence-corrected chi connectivity index (χ2v) is 15.6. The molecular weight excluding hydrogens is 639 g/mol. The van der Waals surface area contributed by atoms with Gasteiger partial charge < -0.3 is 4.57 Å². The summed E-state index contributed by atoms with van der Waals surface area (Å²) in [5, 5.41) is 2.58. The molecule has 248 valence electrons. The van der Waals surface area contributed by atoms with E-state index in [2.05, 4.69) is 194 Å². The van der Waals surface area contributed by atoms with Crippen LogP contribution in [0.3, 0.4) is 0 Å². The minimum absolute atomic E-state index is 0.0783. The number of fused-ring (bicyclic) bond motifs is 16. The first-order chi connectivity index (χ1) is 26.1. The van der Waals surface area contributed by atoms with Crippen LogP contribution in [0.2, 0.25) is 0 Å². The van der Waals surface area contributed by atoms with Gasteiger partial charge in [-0.2, -0.15) is 0 Å². The Labute approximate surface area is 309 Å². The Bertz CT molecular complexity index is 2980. The SMILES string of the molecule is CC1(C)c2ccccc2-c2cc3c4ccccc4n(-c4cccc(-c5cccc6c5C5(c7ccccc7-c7ccccc75)c5ccccc5-6)c4)c3cc21. The molecule has 3 aliphatic rings. The van der Waals surface area contributed by atoms with Crippen LogP contribution in [0.1, 0.15) is 47.2 Å². The molecule has 53 heavy (non-hydrogen) atoms. The maximum Gasteiger partial charge on any atom is 0.0731 e. The maximum atomic E-state index is 2.50. The molecule has 0 bridgehead atoms. The number of benzene rings is 8. The first-order valence-corrected chi connectivity index (χ1v) is 18.8. The van der Waals surface area contributed by atoms with E-state index in [-0.39, 0.29) is 5.41 Å². The largest absolute Gasteiger partial charge is 0.309 e. The van der Waals surface area contributed by atoms with Crippen molar-refractivity contribution in [3.8, 4) is 50.2 Å². The first kappa shape index (κ1) is 29.2. The van der Waals surface area contributed by atoms with Gasteiger partial charge in [0.2, 0.25) is 0 Å². The Morgan fingerprint density at radius 1 is 0.358 bits per heavy atom. The quantitative estimate of drug-likeness (QED) is 0.172. The fraction of sp³-hybridized carbons (Fsp3) is 0.0769. The van der Waals surface area contributed by atoms with Crippen molar-refractivity contribution in [1.82, 2.24) is 4.57 Å². The second-order valence-electron chi connectivity index (χ2n) is 15.6. The van der Waals surface area contributed by atoms with Crippen molar-refractivity contribution in [3.63, 3.8) is 0 Å². The molecule has 1 nitrogen and oxygen atoms in total. The van der Waals surface area contributed by atoms with Crippen molar-refractivity contribution in [2.45, 2.75) is 24.7 Å². The minimum Gasteiger partial charge on any atom is -0.309 e. The predicted octanol–water partition coefficient (Wildman–Crippen LogP) is 13.1. The molecular formula is C52H35N. The normalized spacial score (nSPS) is 14.9. The summed E-state index contributed by atoms with van der Waals surface area (Å²) in [6.07, 6.45) is 0. The van der Waals surface area contributed by atoms with Crippen LogP contribution in [0, 0.1) is 0 Å². The van der Waals surface area contributed by atoms with Crippen molar-refractivity contribution in [3.05, 3.63) is 209 Å². The van der Waals surface area contributed by atoms with Gasteiger partial charge >= 0.3 is 0 Å². The molecule has 12 rings (SSSR count). The smallest absolute Gasteiger partial charge is 0.0731 e. The van der Waals surface area contributed by atoms with E-state index in [1.54, 1.807) is 0 Å². The molecule has 0 radical (unpaired) electrons. The second kappa shape index (κ2) is 10.1. The van der Waals surface area contributed by atoms with Gasteiger partial charge in [-0.15, -0.1) is 0 Å². The molecule has 1 heteroatoms. The molecule has 9 aromatic rings. The molecule has 0 saturated heterocycles. The highest BCUT2D eigenvalue weighted by Gasteiger charge is 2.52. The molecule has 1 heterocycles. The molecule has 1 aromatic heterocycles. The molecule has 0 atom stereocenters. The van der Waals surface area contributed by atoms with Gasteiger partial charge in [-0.05, 0) is 108 Å². The monoisotopic (exact) mass is 673 g/mol. The number of aromatic nitrogens is 1. The van der Waals surface area contributed by atoms with E-state index < -0.39 is 5.41 Å². The zero-order chi connectivity index (χ0) is 35.1. The lowest BCUT2D eigenvalue weighted by Crippen LogP contribution is -2.26.